The van der Waals surface area contributed by atoms with Gasteiger partial charge in [0.2, 0.25) is 0 Å². The fraction of sp³-hybridized carbons (Fsp3) is 0.194. The molecular formula is C67H59N4O2Pt-3. The van der Waals surface area contributed by atoms with Gasteiger partial charge >= 0.3 is 0 Å². The predicted octanol–water partition coefficient (Wildman–Crippen LogP) is 18.1. The summed E-state index contributed by atoms with van der Waals surface area (Å²) in [5, 5.41) is 0.768. The van der Waals surface area contributed by atoms with Gasteiger partial charge in [-0.2, -0.15) is 12.1 Å². The number of aromatic nitrogens is 2. The minimum Gasteiger partial charge on any atom is -0.509 e. The average molecular weight is 1160 g/mol. The predicted molar refractivity (Wildman–Crippen MR) is 301 cm³/mol. The number of benzene rings is 8. The number of fused-ring (bicyclic) bond motifs is 6. The van der Waals surface area contributed by atoms with Gasteiger partial charge < -0.3 is 23.8 Å². The summed E-state index contributed by atoms with van der Waals surface area (Å²) < 4.78 is 115. The van der Waals surface area contributed by atoms with Gasteiger partial charge in [-0.3, -0.25) is 0 Å². The quantitative estimate of drug-likeness (QED) is 0.161. The van der Waals surface area contributed by atoms with Crippen molar-refractivity contribution >= 4 is 44.6 Å². The van der Waals surface area contributed by atoms with Crippen LogP contribution in [0.5, 0.6) is 23.0 Å². The van der Waals surface area contributed by atoms with E-state index in [1.165, 1.54) is 0 Å². The zero-order chi connectivity index (χ0) is 59.7. The van der Waals surface area contributed by atoms with Crippen molar-refractivity contribution in [2.45, 2.75) is 73.5 Å². The van der Waals surface area contributed by atoms with Crippen LogP contribution in [0, 0.1) is 37.5 Å². The molecule has 74 heavy (non-hydrogen) atoms. The molecule has 0 radical (unpaired) electrons. The van der Waals surface area contributed by atoms with Crippen LogP contribution in [0.1, 0.15) is 85.8 Å². The van der Waals surface area contributed by atoms with Crippen molar-refractivity contribution < 1.29 is 45.6 Å². The van der Waals surface area contributed by atoms with Gasteiger partial charge in [-0.1, -0.05) is 121 Å². The Balaban J connectivity index is 0.00000752. The van der Waals surface area contributed by atoms with Crippen LogP contribution in [-0.2, 0) is 39.2 Å². The van der Waals surface area contributed by atoms with E-state index in [-0.39, 0.29) is 73.1 Å². The number of hydrogen-bond donors (Lipinski definition) is 0. The van der Waals surface area contributed by atoms with E-state index in [0.717, 1.165) is 16.9 Å². The van der Waals surface area contributed by atoms with E-state index in [2.05, 4.69) is 43.9 Å². The summed E-state index contributed by atoms with van der Waals surface area (Å²) in [4.78, 5) is 8.92. The van der Waals surface area contributed by atoms with Gasteiger partial charge in [-0.25, -0.2) is 4.98 Å². The number of anilines is 4. The van der Waals surface area contributed by atoms with Crippen LogP contribution in [-0.4, -0.2) is 9.55 Å². The summed E-state index contributed by atoms with van der Waals surface area (Å²) in [5.74, 6) is 0.551. The van der Waals surface area contributed by atoms with Gasteiger partial charge in [0.15, 0.2) is 0 Å². The van der Waals surface area contributed by atoms with Crippen LogP contribution in [0.25, 0.3) is 61.0 Å². The number of aryl methyl sites for hydroxylation is 1. The third-order valence-corrected chi connectivity index (χ3v) is 13.2. The largest absolute Gasteiger partial charge is 0.509 e. The van der Waals surface area contributed by atoms with Gasteiger partial charge in [-0.05, 0) is 148 Å². The smallest absolute Gasteiger partial charge is 0.135 e. The summed E-state index contributed by atoms with van der Waals surface area (Å²) in [6, 6.07) is 48.0. The van der Waals surface area contributed by atoms with Gasteiger partial charge in [0, 0.05) is 87.6 Å². The molecule has 0 atom stereocenters. The molecule has 0 unspecified atom stereocenters. The number of ether oxygens (including phenoxy) is 2. The number of nitrogens with zero attached hydrogens (tertiary/aromatic N) is 4. The normalized spacial score (nSPS) is 15.7. The van der Waals surface area contributed by atoms with Gasteiger partial charge in [0.05, 0.1) is 5.48 Å². The Kier molecular flexibility index (Phi) is 9.82. The first-order valence-corrected chi connectivity index (χ1v) is 24.6. The molecule has 0 N–H and O–H groups in total. The molecule has 12 bridgehead atoms. The molecule has 0 fully saturated rings. The average Bonchev–Trinajstić information content (AvgIpc) is 1.84. The first kappa shape index (κ1) is 37.3. The number of rotatable bonds is 5. The van der Waals surface area contributed by atoms with Crippen LogP contribution in [0.4, 0.5) is 22.7 Å². The van der Waals surface area contributed by atoms with Crippen molar-refractivity contribution in [2.24, 2.45) is 11.8 Å². The van der Waals surface area contributed by atoms with Crippen LogP contribution in [0.2, 0.25) is 0 Å². The number of pyridine rings is 1. The molecule has 0 saturated carbocycles. The molecule has 5 aliphatic heterocycles. The first-order valence-electron chi connectivity index (χ1n) is 30.1. The number of hydrogen-bond acceptors (Lipinski definition) is 5. The van der Waals surface area contributed by atoms with E-state index < -0.39 is 37.0 Å². The summed E-state index contributed by atoms with van der Waals surface area (Å²) in [6.07, 6.45) is -1.99. The van der Waals surface area contributed by atoms with Crippen molar-refractivity contribution in [3.05, 3.63) is 211 Å². The SMILES string of the molecule is [2H]c1c([2H])c([2H])c2c(c1[2H])c1ccc3[c-]c1n2-c1ccc(cn1)-c1ccc(c(C([2H])([2H])[2H])c1)Oc1ccc(cc1)-c1cc(C([2H])([2H])C(C)C)cc(-c2cc(C(C)(C)C)cc(C([2H])([2H])C(C)C)c2)c1N1[CH-]N(c2[c-]c(ccc2)O3)c2ccccc21.[Pt]. The second-order valence-corrected chi connectivity index (χ2v) is 20.3. The topological polar surface area (TPSA) is 42.8 Å². The van der Waals surface area contributed by atoms with E-state index in [0.29, 0.717) is 84.1 Å². The minimum atomic E-state index is -2.61. The molecular weight excluding hydrogens is 1090 g/mol. The van der Waals surface area contributed by atoms with E-state index in [1.807, 2.05) is 112 Å². The maximum Gasteiger partial charge on any atom is 0.135 e. The molecule has 8 aromatic carbocycles. The zero-order valence-corrected chi connectivity index (χ0v) is 44.3. The van der Waals surface area contributed by atoms with Crippen molar-refractivity contribution in [3.63, 3.8) is 0 Å². The van der Waals surface area contributed by atoms with Crippen LogP contribution in [0.15, 0.2) is 170 Å². The van der Waals surface area contributed by atoms with E-state index in [4.69, 9.17) is 24.1 Å². The maximum absolute atomic E-state index is 9.68. The third kappa shape index (κ3) is 9.19. The van der Waals surface area contributed by atoms with Crippen LogP contribution in [0.3, 0.4) is 0 Å². The van der Waals surface area contributed by atoms with Crippen molar-refractivity contribution in [3.8, 4) is 62.2 Å². The molecule has 5 aliphatic rings. The Morgan fingerprint density at radius 2 is 1.36 bits per heavy atom. The molecule has 0 saturated heterocycles. The molecule has 7 heteroatoms. The van der Waals surface area contributed by atoms with Gasteiger partial charge in [0.1, 0.15) is 17.3 Å². The van der Waals surface area contributed by atoms with E-state index in [9.17, 15) is 5.48 Å². The molecule has 7 heterocycles. The standard InChI is InChI=1S/C67H59N4O2.Pt/c1-42(2)30-45-33-50(37-51(34-45)67(6,7)8)59-36-46(31-43(3)4)35-58-47-20-24-53(25-21-47)73-64-28-22-48(32-44(64)5)49-23-29-65(68-40-49)71-60-17-10-9-16-56(60)57-27-26-55(39-63(57)71)72-54-15-13-14-52(38-54)69-41-70(66(58)59)62-19-12-11-18-61(62)69;/h9-29,32-37,40-43H,30-31H2,1-8H3;/q-3;/i5D3,9D,10D,16D,17D,30D2,31D2;. The van der Waals surface area contributed by atoms with Gasteiger partial charge in [0.25, 0.3) is 0 Å². The Morgan fingerprint density at radius 3 is 2.09 bits per heavy atom. The summed E-state index contributed by atoms with van der Waals surface area (Å²) in [6.45, 7) is 13.1. The van der Waals surface area contributed by atoms with Crippen LogP contribution < -0.4 is 19.3 Å². The fourth-order valence-corrected chi connectivity index (χ4v) is 9.85. The first-order chi connectivity index (χ1) is 39.7. The van der Waals surface area contributed by atoms with Gasteiger partial charge in [-0.15, -0.1) is 48.1 Å². The molecule has 372 valence electrons. The van der Waals surface area contributed by atoms with E-state index in [1.54, 1.807) is 71.4 Å². The molecule has 2 aromatic heterocycles. The summed E-state index contributed by atoms with van der Waals surface area (Å²) in [5.41, 5.74) is 8.64. The summed E-state index contributed by atoms with van der Waals surface area (Å²) >= 11 is 0. The van der Waals surface area contributed by atoms with E-state index >= 15 is 0 Å². The number of para-hydroxylation sites is 3. The van der Waals surface area contributed by atoms with Crippen molar-refractivity contribution in [1.82, 2.24) is 9.55 Å². The Morgan fingerprint density at radius 1 is 0.662 bits per heavy atom. The minimum absolute atomic E-state index is 0. The Labute approximate surface area is 466 Å². The Bertz CT molecular complexity index is 4290. The molecule has 0 amide bonds. The van der Waals surface area contributed by atoms with Crippen molar-refractivity contribution in [1.29, 1.82) is 0 Å². The monoisotopic (exact) mass is 1160 g/mol. The van der Waals surface area contributed by atoms with Crippen LogP contribution >= 0.6 is 0 Å². The molecule has 0 aliphatic carbocycles. The van der Waals surface area contributed by atoms with Crippen molar-refractivity contribution in [2.75, 3.05) is 9.80 Å². The third-order valence-electron chi connectivity index (χ3n) is 13.2. The molecule has 10 aromatic rings. The Hall–Kier alpha value is -7.40. The molecule has 6 nitrogen and oxygen atoms in total. The maximum atomic E-state index is 9.68. The second-order valence-electron chi connectivity index (χ2n) is 20.3. The summed E-state index contributed by atoms with van der Waals surface area (Å²) in [7, 11) is 0. The molecule has 15 rings (SSSR count). The molecule has 0 spiro atoms. The second kappa shape index (κ2) is 19.5. The zero-order valence-electron chi connectivity index (χ0n) is 53.0. The fourth-order valence-electron chi connectivity index (χ4n) is 9.85.